The molecule has 0 aliphatic rings. The summed E-state index contributed by atoms with van der Waals surface area (Å²) in [6, 6.07) is 21.7. The van der Waals surface area contributed by atoms with Crippen molar-refractivity contribution in [1.29, 1.82) is 0 Å². The van der Waals surface area contributed by atoms with Crippen LogP contribution in [0.15, 0.2) is 117 Å². The van der Waals surface area contributed by atoms with Crippen LogP contribution >= 0.6 is 0 Å². The molecule has 8 aromatic rings. The maximum absolute atomic E-state index is 12.6. The molecule has 6 aromatic carbocycles. The summed E-state index contributed by atoms with van der Waals surface area (Å²) in [5.74, 6) is 0. The first kappa shape index (κ1) is 37.0. The Morgan fingerprint density at radius 1 is 0.411 bits per heavy atom. The molecule has 2 heterocycles. The molecule has 0 radical (unpaired) electrons. The Balaban J connectivity index is 1.17. The second-order valence-electron chi connectivity index (χ2n) is 12.2. The Morgan fingerprint density at radius 2 is 0.786 bits per heavy atom. The third kappa shape index (κ3) is 6.58. The largest absolute Gasteiger partial charge is 0.295 e. The van der Waals surface area contributed by atoms with Gasteiger partial charge in [-0.15, -0.1) is 20.4 Å². The van der Waals surface area contributed by atoms with Crippen LogP contribution in [-0.2, 0) is 40.5 Å². The van der Waals surface area contributed by atoms with E-state index in [1.54, 1.807) is 12.1 Å². The van der Waals surface area contributed by atoms with Crippen molar-refractivity contribution < 1.29 is 51.9 Å². The van der Waals surface area contributed by atoms with Gasteiger partial charge in [0.25, 0.3) is 40.5 Å². The van der Waals surface area contributed by atoms with Gasteiger partial charge >= 0.3 is 0 Å². The normalized spacial score (nSPS) is 13.1. The molecule has 0 atom stereocenters. The van der Waals surface area contributed by atoms with E-state index >= 15 is 0 Å². The van der Waals surface area contributed by atoms with Gasteiger partial charge in [-0.2, -0.15) is 43.3 Å². The van der Waals surface area contributed by atoms with Crippen LogP contribution < -0.4 is 0 Å². The Morgan fingerprint density at radius 3 is 1.14 bits per heavy atom. The molecule has 4 N–H and O–H groups in total. The van der Waals surface area contributed by atoms with Crippen molar-refractivity contribution in [3.05, 3.63) is 108 Å². The third-order valence-corrected chi connectivity index (χ3v) is 12.4. The zero-order valence-electron chi connectivity index (χ0n) is 27.8. The number of fused-ring (bicyclic) bond motifs is 6. The predicted molar refractivity (Wildman–Crippen MR) is 201 cm³/mol. The second-order valence-corrected chi connectivity index (χ2v) is 17.8. The van der Waals surface area contributed by atoms with Gasteiger partial charge in [-0.1, -0.05) is 60.7 Å². The molecule has 0 amide bonds. The minimum Gasteiger partial charge on any atom is -0.282 e. The van der Waals surface area contributed by atoms with Crippen LogP contribution in [0.3, 0.4) is 0 Å². The van der Waals surface area contributed by atoms with Gasteiger partial charge in [0.15, 0.2) is 0 Å². The predicted octanol–water partition coefficient (Wildman–Crippen LogP) is 4.62. The fourth-order valence-electron chi connectivity index (χ4n) is 6.29. The highest BCUT2D eigenvalue weighted by Crippen LogP contribution is 2.32. The van der Waals surface area contributed by atoms with Gasteiger partial charge in [-0.25, -0.2) is 0 Å². The molecule has 0 aliphatic carbocycles. The lowest BCUT2D eigenvalue weighted by Crippen LogP contribution is -2.06. The summed E-state index contributed by atoms with van der Waals surface area (Å²) < 4.78 is 138. The lowest BCUT2D eigenvalue weighted by molar-refractivity contribution is 0.480. The van der Waals surface area contributed by atoms with E-state index in [0.717, 1.165) is 21.7 Å². The van der Waals surface area contributed by atoms with Crippen LogP contribution in [0.1, 0.15) is 11.1 Å². The van der Waals surface area contributed by atoms with Gasteiger partial charge < -0.3 is 0 Å². The zero-order chi connectivity index (χ0) is 39.9. The van der Waals surface area contributed by atoms with Crippen molar-refractivity contribution in [2.75, 3.05) is 0 Å². The van der Waals surface area contributed by atoms with E-state index in [9.17, 15) is 51.9 Å². The highest BCUT2D eigenvalue weighted by atomic mass is 32.2. The van der Waals surface area contributed by atoms with Gasteiger partial charge in [0.2, 0.25) is 0 Å². The number of hydrogen-bond acceptors (Lipinski definition) is 12. The minimum atomic E-state index is -4.93. The summed E-state index contributed by atoms with van der Waals surface area (Å²) in [5, 5.41) is 18.5. The average Bonchev–Trinajstić information content (AvgIpc) is 3.77. The quantitative estimate of drug-likeness (QED) is 0.120. The Hall–Kier alpha value is -5.98. The lowest BCUT2D eigenvalue weighted by atomic mass is 10.1. The van der Waals surface area contributed by atoms with Crippen LogP contribution in [0.4, 0.5) is 0 Å². The van der Waals surface area contributed by atoms with E-state index in [2.05, 4.69) is 20.4 Å². The number of nitrogens with zero attached hydrogens (tertiary/aromatic N) is 6. The molecule has 0 aliphatic heterocycles. The summed E-state index contributed by atoms with van der Waals surface area (Å²) in [6.07, 6.45) is 2.38. The molecule has 22 heteroatoms. The first-order valence-electron chi connectivity index (χ1n) is 15.7. The molecule has 284 valence electrons. The number of aromatic nitrogens is 6. The van der Waals surface area contributed by atoms with E-state index in [-0.39, 0.29) is 54.1 Å². The van der Waals surface area contributed by atoms with E-state index in [4.69, 9.17) is 0 Å². The molecular formula is C34H22N6O12S4. The van der Waals surface area contributed by atoms with E-state index in [0.29, 0.717) is 21.8 Å². The van der Waals surface area contributed by atoms with Gasteiger partial charge in [0.1, 0.15) is 41.6 Å². The third-order valence-electron chi connectivity index (χ3n) is 8.75. The molecule has 0 saturated heterocycles. The highest BCUT2D eigenvalue weighted by Gasteiger charge is 2.22. The molecule has 0 saturated carbocycles. The zero-order valence-corrected chi connectivity index (χ0v) is 31.0. The van der Waals surface area contributed by atoms with Crippen LogP contribution in [0, 0.1) is 0 Å². The van der Waals surface area contributed by atoms with E-state index in [1.165, 1.54) is 84.9 Å². The standard InChI is InChI=1S/C34H22N6O12S4/c41-53(42,43)29-5-1-3-25-23(29)13-15-27-33(25)37-39(35-27)21-11-9-19(31(17-21)55(47,48)49)7-8-20-10-12-22(18-32(20)56(50,51)52)40-36-28-16-14-24-26(34(28)38-40)4-2-6-30(24)54(44,45)46/h1-18H,(H,41,42,43)(H,44,45,46)(H,47,48,49)(H,50,51,52)/b8-7+. The van der Waals surface area contributed by atoms with Crippen molar-refractivity contribution in [3.63, 3.8) is 0 Å². The van der Waals surface area contributed by atoms with Gasteiger partial charge in [-0.3, -0.25) is 18.2 Å². The van der Waals surface area contributed by atoms with Crippen LogP contribution in [0.2, 0.25) is 0 Å². The summed E-state index contributed by atoms with van der Waals surface area (Å²) >= 11 is 0. The van der Waals surface area contributed by atoms with Gasteiger partial charge in [0, 0.05) is 21.5 Å². The second kappa shape index (κ2) is 12.8. The molecule has 0 unspecified atom stereocenters. The monoisotopic (exact) mass is 834 g/mol. The molecule has 8 rings (SSSR count). The summed E-state index contributed by atoms with van der Waals surface area (Å²) in [4.78, 5) is 0.195. The smallest absolute Gasteiger partial charge is 0.282 e. The fraction of sp³-hybridized carbons (Fsp3) is 0. The maximum atomic E-state index is 12.6. The number of hydrogen-bond donors (Lipinski definition) is 4. The van der Waals surface area contributed by atoms with E-state index in [1.807, 2.05) is 0 Å². The molecule has 18 nitrogen and oxygen atoms in total. The maximum Gasteiger partial charge on any atom is 0.295 e. The lowest BCUT2D eigenvalue weighted by Gasteiger charge is -2.08. The Bertz CT molecular complexity index is 3260. The van der Waals surface area contributed by atoms with E-state index < -0.39 is 50.3 Å². The first-order valence-corrected chi connectivity index (χ1v) is 21.5. The first-order chi connectivity index (χ1) is 26.3. The summed E-state index contributed by atoms with van der Waals surface area (Å²) in [6.45, 7) is 0. The molecule has 0 bridgehead atoms. The molecule has 0 fully saturated rings. The SMILES string of the molecule is O=S(=O)(O)c1cc(-n2nc3ccc4c(S(=O)(=O)O)cccc4c3n2)ccc1/C=C/c1ccc(-n2nc3ccc4c(S(=O)(=O)O)cccc4c3n2)cc1S(=O)(=O)O. The van der Waals surface area contributed by atoms with Crippen LogP contribution in [0.25, 0.3) is 67.1 Å². The van der Waals surface area contributed by atoms with Crippen molar-refractivity contribution >= 4 is 96.2 Å². The van der Waals surface area contributed by atoms with Gasteiger partial charge in [0.05, 0.1) is 11.4 Å². The molecule has 0 spiro atoms. The van der Waals surface area contributed by atoms with Crippen molar-refractivity contribution in [2.24, 2.45) is 0 Å². The number of benzene rings is 6. The highest BCUT2D eigenvalue weighted by molar-refractivity contribution is 7.86. The van der Waals surface area contributed by atoms with Crippen LogP contribution in [0.5, 0.6) is 0 Å². The van der Waals surface area contributed by atoms with Crippen molar-refractivity contribution in [3.8, 4) is 11.4 Å². The fourth-order valence-corrected chi connectivity index (χ4v) is 9.11. The Kier molecular flexibility index (Phi) is 8.44. The molecule has 56 heavy (non-hydrogen) atoms. The minimum absolute atomic E-state index is 0.0640. The molecule has 2 aromatic heterocycles. The molecular weight excluding hydrogens is 813 g/mol. The topological polar surface area (TPSA) is 279 Å². The average molecular weight is 835 g/mol. The van der Waals surface area contributed by atoms with Crippen LogP contribution in [-0.4, -0.2) is 81.9 Å². The summed E-state index contributed by atoms with van der Waals surface area (Å²) in [5.41, 5.74) is 0.969. The van der Waals surface area contributed by atoms with Crippen molar-refractivity contribution in [1.82, 2.24) is 30.0 Å². The van der Waals surface area contributed by atoms with Gasteiger partial charge in [-0.05, 0) is 59.7 Å². The Labute approximate surface area is 315 Å². The number of rotatable bonds is 8. The van der Waals surface area contributed by atoms with Crippen molar-refractivity contribution in [2.45, 2.75) is 19.6 Å². The summed E-state index contributed by atoms with van der Waals surface area (Å²) in [7, 11) is -19.0.